The van der Waals surface area contributed by atoms with E-state index in [1.54, 1.807) is 0 Å². The molecule has 0 aliphatic heterocycles. The predicted molar refractivity (Wildman–Crippen MR) is 94.7 cm³/mol. The average molecular weight is 308 g/mol. The molecule has 2 unspecified atom stereocenters. The number of benzene rings is 1. The van der Waals surface area contributed by atoms with Gasteiger partial charge in [-0.1, -0.05) is 26.0 Å². The van der Waals surface area contributed by atoms with Crippen LogP contribution >= 0.6 is 0 Å². The molecule has 0 aliphatic carbocycles. The van der Waals surface area contributed by atoms with Crippen LogP contribution in [0.3, 0.4) is 0 Å². The third-order valence-corrected chi connectivity index (χ3v) is 3.92. The molecule has 0 N–H and O–H groups in total. The van der Waals surface area contributed by atoms with Crippen molar-refractivity contribution in [3.05, 3.63) is 24.3 Å². The molecule has 4 nitrogen and oxygen atoms in total. The summed E-state index contributed by atoms with van der Waals surface area (Å²) in [6.45, 7) is 9.82. The van der Waals surface area contributed by atoms with E-state index in [0.717, 1.165) is 26.1 Å². The molecular formula is C18H32N2O2. The van der Waals surface area contributed by atoms with Gasteiger partial charge in [0.1, 0.15) is 12.5 Å². The fourth-order valence-electron chi connectivity index (χ4n) is 2.76. The Morgan fingerprint density at radius 1 is 0.773 bits per heavy atom. The second kappa shape index (κ2) is 9.70. The van der Waals surface area contributed by atoms with Crippen LogP contribution in [0.15, 0.2) is 24.3 Å². The molecule has 1 rings (SSSR count). The number of para-hydroxylation sites is 2. The molecule has 4 heteroatoms. The number of hydrogen-bond donors (Lipinski definition) is 0. The SMILES string of the molecule is CCOC(CC)N(C)c1ccccc1N(C)C(CC)OCC. The Morgan fingerprint density at radius 3 is 1.41 bits per heavy atom. The van der Waals surface area contributed by atoms with Gasteiger partial charge in [0, 0.05) is 27.3 Å². The van der Waals surface area contributed by atoms with E-state index in [1.807, 2.05) is 13.8 Å². The smallest absolute Gasteiger partial charge is 0.129 e. The maximum atomic E-state index is 5.85. The van der Waals surface area contributed by atoms with Gasteiger partial charge in [0.15, 0.2) is 0 Å². The summed E-state index contributed by atoms with van der Waals surface area (Å²) in [5.41, 5.74) is 2.34. The van der Waals surface area contributed by atoms with E-state index in [4.69, 9.17) is 9.47 Å². The van der Waals surface area contributed by atoms with E-state index < -0.39 is 0 Å². The molecule has 126 valence electrons. The van der Waals surface area contributed by atoms with Crippen LogP contribution in [0.1, 0.15) is 40.5 Å². The summed E-state index contributed by atoms with van der Waals surface area (Å²) in [4.78, 5) is 4.43. The lowest BCUT2D eigenvalue weighted by Gasteiger charge is -2.35. The summed E-state index contributed by atoms with van der Waals surface area (Å²) in [5, 5.41) is 0. The highest BCUT2D eigenvalue weighted by Gasteiger charge is 2.21. The minimum absolute atomic E-state index is 0.0896. The Kier molecular flexibility index (Phi) is 8.28. The third-order valence-electron chi connectivity index (χ3n) is 3.92. The molecule has 0 radical (unpaired) electrons. The molecular weight excluding hydrogens is 276 g/mol. The Morgan fingerprint density at radius 2 is 1.14 bits per heavy atom. The Balaban J connectivity index is 3.06. The summed E-state index contributed by atoms with van der Waals surface area (Å²) in [5.74, 6) is 0. The molecule has 0 saturated heterocycles. The van der Waals surface area contributed by atoms with Crippen molar-refractivity contribution in [2.24, 2.45) is 0 Å². The molecule has 0 aliphatic rings. The quantitative estimate of drug-likeness (QED) is 0.607. The van der Waals surface area contributed by atoms with Gasteiger partial charge in [-0.25, -0.2) is 0 Å². The summed E-state index contributed by atoms with van der Waals surface area (Å²) < 4.78 is 11.7. The fraction of sp³-hybridized carbons (Fsp3) is 0.667. The van der Waals surface area contributed by atoms with E-state index in [2.05, 4.69) is 62.0 Å². The van der Waals surface area contributed by atoms with Crippen molar-refractivity contribution in [1.82, 2.24) is 0 Å². The van der Waals surface area contributed by atoms with Crippen molar-refractivity contribution in [2.45, 2.75) is 53.0 Å². The Hall–Kier alpha value is -1.26. The highest BCUT2D eigenvalue weighted by atomic mass is 16.5. The van der Waals surface area contributed by atoms with Crippen LogP contribution < -0.4 is 9.80 Å². The van der Waals surface area contributed by atoms with E-state index >= 15 is 0 Å². The van der Waals surface area contributed by atoms with Crippen LogP contribution in [-0.2, 0) is 9.47 Å². The normalized spacial score (nSPS) is 13.7. The van der Waals surface area contributed by atoms with Crippen molar-refractivity contribution in [2.75, 3.05) is 37.1 Å². The van der Waals surface area contributed by atoms with Gasteiger partial charge < -0.3 is 19.3 Å². The first kappa shape index (κ1) is 18.8. The molecule has 0 bridgehead atoms. The maximum absolute atomic E-state index is 5.85. The maximum Gasteiger partial charge on any atom is 0.129 e. The number of rotatable bonds is 10. The molecule has 1 aromatic carbocycles. The lowest BCUT2D eigenvalue weighted by Crippen LogP contribution is -2.38. The standard InChI is InChI=1S/C18H32N2O2/c1-7-17(21-9-3)19(5)15-13-11-12-14-16(15)20(6)18(8-2)22-10-4/h11-14,17-18H,7-10H2,1-6H3. The van der Waals surface area contributed by atoms with Crippen molar-refractivity contribution in [1.29, 1.82) is 0 Å². The summed E-state index contributed by atoms with van der Waals surface area (Å²) in [6.07, 6.45) is 2.08. The molecule has 0 fully saturated rings. The van der Waals surface area contributed by atoms with Crippen LogP contribution in [0.25, 0.3) is 0 Å². The van der Waals surface area contributed by atoms with Crippen LogP contribution in [-0.4, -0.2) is 39.8 Å². The zero-order valence-corrected chi connectivity index (χ0v) is 15.0. The molecule has 0 spiro atoms. The highest BCUT2D eigenvalue weighted by molar-refractivity contribution is 5.71. The highest BCUT2D eigenvalue weighted by Crippen LogP contribution is 2.31. The van der Waals surface area contributed by atoms with Crippen LogP contribution in [0.5, 0.6) is 0 Å². The van der Waals surface area contributed by atoms with Gasteiger partial charge in [0.2, 0.25) is 0 Å². The Labute approximate surface area is 136 Å². The van der Waals surface area contributed by atoms with Gasteiger partial charge >= 0.3 is 0 Å². The largest absolute Gasteiger partial charge is 0.359 e. The van der Waals surface area contributed by atoms with Crippen molar-refractivity contribution in [3.63, 3.8) is 0 Å². The van der Waals surface area contributed by atoms with Crippen molar-refractivity contribution >= 4 is 11.4 Å². The van der Waals surface area contributed by atoms with E-state index in [0.29, 0.717) is 0 Å². The van der Waals surface area contributed by atoms with E-state index in [1.165, 1.54) is 11.4 Å². The van der Waals surface area contributed by atoms with Crippen LogP contribution in [0.2, 0.25) is 0 Å². The van der Waals surface area contributed by atoms with Crippen LogP contribution in [0, 0.1) is 0 Å². The van der Waals surface area contributed by atoms with Gasteiger partial charge in [-0.15, -0.1) is 0 Å². The first-order valence-electron chi connectivity index (χ1n) is 8.38. The lowest BCUT2D eigenvalue weighted by atomic mass is 10.2. The average Bonchev–Trinajstić information content (AvgIpc) is 2.56. The van der Waals surface area contributed by atoms with Gasteiger partial charge in [-0.2, -0.15) is 0 Å². The number of hydrogen-bond acceptors (Lipinski definition) is 4. The summed E-state index contributed by atoms with van der Waals surface area (Å²) in [6, 6.07) is 8.44. The minimum atomic E-state index is 0.0896. The second-order valence-corrected chi connectivity index (χ2v) is 5.35. The molecule has 22 heavy (non-hydrogen) atoms. The van der Waals surface area contributed by atoms with Gasteiger partial charge in [-0.3, -0.25) is 0 Å². The monoisotopic (exact) mass is 308 g/mol. The van der Waals surface area contributed by atoms with E-state index in [-0.39, 0.29) is 12.5 Å². The third kappa shape index (κ3) is 4.62. The topological polar surface area (TPSA) is 24.9 Å². The molecule has 2 atom stereocenters. The zero-order valence-electron chi connectivity index (χ0n) is 15.0. The minimum Gasteiger partial charge on any atom is -0.359 e. The van der Waals surface area contributed by atoms with Crippen molar-refractivity contribution < 1.29 is 9.47 Å². The van der Waals surface area contributed by atoms with Gasteiger partial charge in [0.05, 0.1) is 11.4 Å². The van der Waals surface area contributed by atoms with E-state index in [9.17, 15) is 0 Å². The lowest BCUT2D eigenvalue weighted by molar-refractivity contribution is 0.0585. The number of nitrogens with zero attached hydrogens (tertiary/aromatic N) is 2. The molecule has 1 aromatic rings. The first-order valence-corrected chi connectivity index (χ1v) is 8.38. The predicted octanol–water partition coefficient (Wildman–Crippen LogP) is 4.10. The van der Waals surface area contributed by atoms with Crippen LogP contribution in [0.4, 0.5) is 11.4 Å². The van der Waals surface area contributed by atoms with Gasteiger partial charge in [0.25, 0.3) is 0 Å². The van der Waals surface area contributed by atoms with Crippen molar-refractivity contribution in [3.8, 4) is 0 Å². The Bertz CT molecular complexity index is 386. The second-order valence-electron chi connectivity index (χ2n) is 5.35. The number of ether oxygens (including phenoxy) is 2. The van der Waals surface area contributed by atoms with Gasteiger partial charge in [-0.05, 0) is 38.8 Å². The first-order chi connectivity index (χ1) is 10.6. The fourth-order valence-corrected chi connectivity index (χ4v) is 2.76. The molecule has 0 saturated carbocycles. The number of anilines is 2. The molecule has 0 aromatic heterocycles. The molecule has 0 heterocycles. The summed E-state index contributed by atoms with van der Waals surface area (Å²) >= 11 is 0. The summed E-state index contributed by atoms with van der Waals surface area (Å²) in [7, 11) is 4.19. The zero-order chi connectivity index (χ0) is 16.5. The molecule has 0 amide bonds.